The van der Waals surface area contributed by atoms with Crippen molar-refractivity contribution in [3.63, 3.8) is 0 Å². The Morgan fingerprint density at radius 1 is 1.42 bits per heavy atom. The van der Waals surface area contributed by atoms with Crippen LogP contribution in [0.25, 0.3) is 0 Å². The standard InChI is InChI=1S/C13H20BrN5/c1-5-9-6-11(18(4)17-9)12(15)13-10(14)7-16-19(13)8(2)3/h6-8,12H,5,15H2,1-4H3. The van der Waals surface area contributed by atoms with Crippen LogP contribution < -0.4 is 5.73 Å². The van der Waals surface area contributed by atoms with Gasteiger partial charge in [-0.2, -0.15) is 10.2 Å². The minimum atomic E-state index is -0.239. The number of aromatic nitrogens is 4. The summed E-state index contributed by atoms with van der Waals surface area (Å²) in [4.78, 5) is 0. The van der Waals surface area contributed by atoms with Crippen LogP contribution >= 0.6 is 15.9 Å². The molecule has 104 valence electrons. The molecule has 0 bridgehead atoms. The molecule has 0 aliphatic carbocycles. The van der Waals surface area contributed by atoms with Crippen molar-refractivity contribution in [3.8, 4) is 0 Å². The molecule has 2 N–H and O–H groups in total. The summed E-state index contributed by atoms with van der Waals surface area (Å²) in [5.41, 5.74) is 9.46. The molecule has 0 aromatic carbocycles. The molecule has 0 saturated carbocycles. The van der Waals surface area contributed by atoms with Crippen LogP contribution in [0, 0.1) is 0 Å². The van der Waals surface area contributed by atoms with E-state index in [1.807, 2.05) is 16.4 Å². The van der Waals surface area contributed by atoms with Gasteiger partial charge in [-0.3, -0.25) is 9.36 Å². The van der Waals surface area contributed by atoms with Gasteiger partial charge in [0.1, 0.15) is 0 Å². The van der Waals surface area contributed by atoms with E-state index in [0.29, 0.717) is 0 Å². The molecule has 0 radical (unpaired) electrons. The molecule has 0 spiro atoms. The molecule has 0 aliphatic heterocycles. The summed E-state index contributed by atoms with van der Waals surface area (Å²) in [5, 5.41) is 8.83. The summed E-state index contributed by atoms with van der Waals surface area (Å²) in [7, 11) is 1.93. The van der Waals surface area contributed by atoms with Gasteiger partial charge in [0.05, 0.1) is 33.8 Å². The SMILES string of the molecule is CCc1cc(C(N)c2c(Br)cnn2C(C)C)n(C)n1. The zero-order valence-electron chi connectivity index (χ0n) is 11.8. The minimum absolute atomic E-state index is 0.239. The Hall–Kier alpha value is -1.14. The lowest BCUT2D eigenvalue weighted by atomic mass is 10.1. The highest BCUT2D eigenvalue weighted by Crippen LogP contribution is 2.29. The average molecular weight is 326 g/mol. The molecule has 1 atom stereocenters. The van der Waals surface area contributed by atoms with Crippen LogP contribution in [-0.2, 0) is 13.5 Å². The summed E-state index contributed by atoms with van der Waals surface area (Å²) in [6, 6.07) is 2.10. The molecule has 2 aromatic rings. The third-order valence-corrected chi connectivity index (χ3v) is 3.83. The topological polar surface area (TPSA) is 61.7 Å². The number of halogens is 1. The molecule has 1 unspecified atom stereocenters. The number of nitrogens with zero attached hydrogens (tertiary/aromatic N) is 4. The van der Waals surface area contributed by atoms with Gasteiger partial charge < -0.3 is 5.73 Å². The van der Waals surface area contributed by atoms with Crippen LogP contribution in [0.3, 0.4) is 0 Å². The molecule has 2 aromatic heterocycles. The Balaban J connectivity index is 2.46. The molecule has 2 rings (SSSR count). The van der Waals surface area contributed by atoms with Crippen LogP contribution in [-0.4, -0.2) is 19.6 Å². The fraction of sp³-hybridized carbons (Fsp3) is 0.538. The van der Waals surface area contributed by atoms with Crippen molar-refractivity contribution >= 4 is 15.9 Å². The van der Waals surface area contributed by atoms with E-state index in [9.17, 15) is 0 Å². The quantitative estimate of drug-likeness (QED) is 0.939. The van der Waals surface area contributed by atoms with Gasteiger partial charge in [-0.1, -0.05) is 6.92 Å². The third-order valence-electron chi connectivity index (χ3n) is 3.22. The summed E-state index contributed by atoms with van der Waals surface area (Å²) < 4.78 is 4.74. The smallest absolute Gasteiger partial charge is 0.0905 e. The Morgan fingerprint density at radius 2 is 2.11 bits per heavy atom. The predicted molar refractivity (Wildman–Crippen MR) is 78.9 cm³/mol. The van der Waals surface area contributed by atoms with Gasteiger partial charge >= 0.3 is 0 Å². The Morgan fingerprint density at radius 3 is 2.63 bits per heavy atom. The number of hydrogen-bond donors (Lipinski definition) is 1. The highest BCUT2D eigenvalue weighted by atomic mass is 79.9. The number of rotatable bonds is 4. The monoisotopic (exact) mass is 325 g/mol. The number of nitrogens with two attached hydrogens (primary N) is 1. The second-order valence-corrected chi connectivity index (χ2v) is 5.79. The van der Waals surface area contributed by atoms with Crippen molar-refractivity contribution in [1.82, 2.24) is 19.6 Å². The van der Waals surface area contributed by atoms with Gasteiger partial charge in [0.2, 0.25) is 0 Å². The van der Waals surface area contributed by atoms with Crippen LogP contribution in [0.1, 0.15) is 49.9 Å². The maximum atomic E-state index is 6.42. The second kappa shape index (κ2) is 5.46. The Labute approximate surface area is 121 Å². The molecule has 0 aliphatic rings. The molecule has 0 amide bonds. The summed E-state index contributed by atoms with van der Waals surface area (Å²) in [6.45, 7) is 6.28. The van der Waals surface area contributed by atoms with Gasteiger partial charge in [0, 0.05) is 13.1 Å². The van der Waals surface area contributed by atoms with Crippen molar-refractivity contribution in [1.29, 1.82) is 0 Å². The maximum Gasteiger partial charge on any atom is 0.0905 e. The van der Waals surface area contributed by atoms with E-state index < -0.39 is 0 Å². The van der Waals surface area contributed by atoms with E-state index >= 15 is 0 Å². The normalized spacial score (nSPS) is 13.2. The van der Waals surface area contributed by atoms with Gasteiger partial charge in [0.15, 0.2) is 0 Å². The fourth-order valence-electron chi connectivity index (χ4n) is 2.20. The third kappa shape index (κ3) is 2.60. The molecule has 5 nitrogen and oxygen atoms in total. The Bertz CT molecular complexity index is 570. The zero-order valence-corrected chi connectivity index (χ0v) is 13.3. The van der Waals surface area contributed by atoms with Crippen molar-refractivity contribution in [2.45, 2.75) is 39.3 Å². The first kappa shape index (κ1) is 14.3. The average Bonchev–Trinajstić information content (AvgIpc) is 2.91. The van der Waals surface area contributed by atoms with E-state index in [-0.39, 0.29) is 12.1 Å². The van der Waals surface area contributed by atoms with E-state index in [1.54, 1.807) is 6.20 Å². The van der Waals surface area contributed by atoms with Gasteiger partial charge in [-0.25, -0.2) is 0 Å². The zero-order chi connectivity index (χ0) is 14.2. The lowest BCUT2D eigenvalue weighted by molar-refractivity contribution is 0.492. The molecule has 19 heavy (non-hydrogen) atoms. The molecular formula is C13H20BrN5. The molecule has 6 heteroatoms. The fourth-order valence-corrected chi connectivity index (χ4v) is 2.72. The molecule has 0 fully saturated rings. The molecule has 2 heterocycles. The van der Waals surface area contributed by atoms with E-state index in [1.165, 1.54) is 0 Å². The van der Waals surface area contributed by atoms with Crippen molar-refractivity contribution in [2.24, 2.45) is 12.8 Å². The van der Waals surface area contributed by atoms with E-state index in [0.717, 1.165) is 28.0 Å². The van der Waals surface area contributed by atoms with E-state index in [4.69, 9.17) is 5.73 Å². The van der Waals surface area contributed by atoms with E-state index in [2.05, 4.69) is 53.0 Å². The van der Waals surface area contributed by atoms with Gasteiger partial charge in [-0.15, -0.1) is 0 Å². The summed E-state index contributed by atoms with van der Waals surface area (Å²) in [6.07, 6.45) is 2.71. The Kier molecular flexibility index (Phi) is 4.10. The van der Waals surface area contributed by atoms with Gasteiger partial charge in [-0.05, 0) is 42.3 Å². The highest BCUT2D eigenvalue weighted by molar-refractivity contribution is 9.10. The first-order chi connectivity index (χ1) is 8.95. The number of aryl methyl sites for hydroxylation is 2. The molecule has 0 saturated heterocycles. The van der Waals surface area contributed by atoms with Crippen LogP contribution in [0.4, 0.5) is 0 Å². The predicted octanol–water partition coefficient (Wildman–Crippen LogP) is 2.57. The first-order valence-electron chi connectivity index (χ1n) is 6.47. The molecular weight excluding hydrogens is 306 g/mol. The largest absolute Gasteiger partial charge is 0.318 e. The number of hydrogen-bond acceptors (Lipinski definition) is 3. The van der Waals surface area contributed by atoms with Crippen LogP contribution in [0.5, 0.6) is 0 Å². The lowest BCUT2D eigenvalue weighted by Crippen LogP contribution is -2.21. The first-order valence-corrected chi connectivity index (χ1v) is 7.26. The minimum Gasteiger partial charge on any atom is -0.318 e. The highest BCUT2D eigenvalue weighted by Gasteiger charge is 2.22. The van der Waals surface area contributed by atoms with Crippen LogP contribution in [0.15, 0.2) is 16.7 Å². The van der Waals surface area contributed by atoms with Crippen molar-refractivity contribution < 1.29 is 0 Å². The van der Waals surface area contributed by atoms with Crippen molar-refractivity contribution in [2.75, 3.05) is 0 Å². The van der Waals surface area contributed by atoms with Crippen LogP contribution in [0.2, 0.25) is 0 Å². The van der Waals surface area contributed by atoms with Crippen molar-refractivity contribution in [3.05, 3.63) is 33.8 Å². The van der Waals surface area contributed by atoms with Gasteiger partial charge in [0.25, 0.3) is 0 Å². The summed E-state index contributed by atoms with van der Waals surface area (Å²) in [5.74, 6) is 0. The maximum absolute atomic E-state index is 6.42. The summed E-state index contributed by atoms with van der Waals surface area (Å²) >= 11 is 3.54. The lowest BCUT2D eigenvalue weighted by Gasteiger charge is -2.17. The second-order valence-electron chi connectivity index (χ2n) is 4.93.